The van der Waals surface area contributed by atoms with Crippen molar-refractivity contribution in [2.75, 3.05) is 17.2 Å². The SMILES string of the molecule is O=C(COc1ccc(C(=O)Nc2ccccc2Cl)cc1)Nc1ccccc1F. The van der Waals surface area contributed by atoms with Crippen LogP contribution in [0, 0.1) is 5.82 Å². The fourth-order valence-electron chi connectivity index (χ4n) is 2.36. The molecule has 142 valence electrons. The minimum atomic E-state index is -0.523. The molecule has 7 heteroatoms. The van der Waals surface area contributed by atoms with Crippen LogP contribution in [-0.4, -0.2) is 18.4 Å². The predicted octanol–water partition coefficient (Wildman–Crippen LogP) is 4.75. The molecule has 0 unspecified atom stereocenters. The molecule has 0 heterocycles. The van der Waals surface area contributed by atoms with Crippen LogP contribution in [0.15, 0.2) is 72.8 Å². The van der Waals surface area contributed by atoms with Gasteiger partial charge in [-0.25, -0.2) is 4.39 Å². The molecule has 0 aromatic heterocycles. The smallest absolute Gasteiger partial charge is 0.262 e. The Morgan fingerprint density at radius 2 is 1.50 bits per heavy atom. The van der Waals surface area contributed by atoms with Crippen molar-refractivity contribution in [3.8, 4) is 5.75 Å². The predicted molar refractivity (Wildman–Crippen MR) is 106 cm³/mol. The van der Waals surface area contributed by atoms with Crippen LogP contribution >= 0.6 is 11.6 Å². The minimum absolute atomic E-state index is 0.0858. The number of para-hydroxylation sites is 2. The number of nitrogens with one attached hydrogen (secondary N) is 2. The number of rotatable bonds is 6. The second-order valence-electron chi connectivity index (χ2n) is 5.78. The molecular formula is C21H16ClFN2O3. The molecule has 2 amide bonds. The Hall–Kier alpha value is -3.38. The summed E-state index contributed by atoms with van der Waals surface area (Å²) in [6.45, 7) is -0.292. The van der Waals surface area contributed by atoms with Gasteiger partial charge < -0.3 is 15.4 Å². The summed E-state index contributed by atoms with van der Waals surface area (Å²) in [6.07, 6.45) is 0. The highest BCUT2D eigenvalue weighted by Crippen LogP contribution is 2.21. The molecule has 0 radical (unpaired) electrons. The fourth-order valence-corrected chi connectivity index (χ4v) is 2.54. The first-order valence-electron chi connectivity index (χ1n) is 8.36. The van der Waals surface area contributed by atoms with Gasteiger partial charge in [-0.15, -0.1) is 0 Å². The number of carbonyl (C=O) groups excluding carboxylic acids is 2. The number of halogens is 2. The van der Waals surface area contributed by atoms with Crippen molar-refractivity contribution in [2.24, 2.45) is 0 Å². The number of ether oxygens (including phenoxy) is 1. The first-order chi connectivity index (χ1) is 13.5. The van der Waals surface area contributed by atoms with E-state index in [2.05, 4.69) is 10.6 Å². The number of anilines is 2. The largest absolute Gasteiger partial charge is 0.484 e. The molecule has 0 spiro atoms. The molecule has 0 saturated carbocycles. The summed E-state index contributed by atoms with van der Waals surface area (Å²) in [4.78, 5) is 24.1. The molecule has 0 aliphatic carbocycles. The maximum atomic E-state index is 13.5. The first-order valence-corrected chi connectivity index (χ1v) is 8.74. The van der Waals surface area contributed by atoms with Gasteiger partial charge in [-0.2, -0.15) is 0 Å². The Morgan fingerprint density at radius 1 is 0.857 bits per heavy atom. The molecule has 3 aromatic carbocycles. The van der Waals surface area contributed by atoms with Crippen LogP contribution in [0.1, 0.15) is 10.4 Å². The standard InChI is InChI=1S/C21H16ClFN2O3/c22-16-5-1-3-7-18(16)25-21(27)14-9-11-15(12-10-14)28-13-20(26)24-19-8-4-2-6-17(19)23/h1-12H,13H2,(H,24,26)(H,25,27). The van der Waals surface area contributed by atoms with E-state index in [1.807, 2.05) is 0 Å². The lowest BCUT2D eigenvalue weighted by Gasteiger charge is -2.09. The van der Waals surface area contributed by atoms with Crippen LogP contribution in [0.3, 0.4) is 0 Å². The second kappa shape index (κ2) is 9.01. The third-order valence-electron chi connectivity index (χ3n) is 3.76. The third kappa shape index (κ3) is 5.08. The molecule has 0 aliphatic rings. The Labute approximate surface area is 166 Å². The zero-order valence-corrected chi connectivity index (χ0v) is 15.4. The molecule has 2 N–H and O–H groups in total. The van der Waals surface area contributed by atoms with E-state index in [0.29, 0.717) is 22.0 Å². The van der Waals surface area contributed by atoms with Crippen molar-refractivity contribution in [1.82, 2.24) is 0 Å². The molecule has 0 aliphatic heterocycles. The highest BCUT2D eigenvalue weighted by atomic mass is 35.5. The van der Waals surface area contributed by atoms with Gasteiger partial charge >= 0.3 is 0 Å². The highest BCUT2D eigenvalue weighted by molar-refractivity contribution is 6.33. The fraction of sp³-hybridized carbons (Fsp3) is 0.0476. The number of carbonyl (C=O) groups is 2. The normalized spacial score (nSPS) is 10.2. The summed E-state index contributed by atoms with van der Waals surface area (Å²) in [5.41, 5.74) is 1.00. The van der Waals surface area contributed by atoms with Crippen molar-refractivity contribution in [3.63, 3.8) is 0 Å². The lowest BCUT2D eigenvalue weighted by atomic mass is 10.2. The number of hydrogen-bond acceptors (Lipinski definition) is 3. The summed E-state index contributed by atoms with van der Waals surface area (Å²) >= 11 is 6.02. The minimum Gasteiger partial charge on any atom is -0.484 e. The second-order valence-corrected chi connectivity index (χ2v) is 6.18. The molecule has 0 bridgehead atoms. The average molecular weight is 399 g/mol. The number of hydrogen-bond donors (Lipinski definition) is 2. The summed E-state index contributed by atoms with van der Waals surface area (Å²) in [5.74, 6) is -0.940. The average Bonchev–Trinajstić information content (AvgIpc) is 2.70. The summed E-state index contributed by atoms with van der Waals surface area (Å²) in [6, 6.07) is 19.0. The van der Waals surface area contributed by atoms with Gasteiger partial charge in [0.1, 0.15) is 11.6 Å². The third-order valence-corrected chi connectivity index (χ3v) is 4.09. The van der Waals surface area contributed by atoms with E-state index in [9.17, 15) is 14.0 Å². The van der Waals surface area contributed by atoms with Gasteiger partial charge in [0, 0.05) is 5.56 Å². The van der Waals surface area contributed by atoms with E-state index in [1.54, 1.807) is 54.6 Å². The van der Waals surface area contributed by atoms with E-state index in [1.165, 1.54) is 18.2 Å². The highest BCUT2D eigenvalue weighted by Gasteiger charge is 2.10. The van der Waals surface area contributed by atoms with E-state index in [-0.39, 0.29) is 18.2 Å². The summed E-state index contributed by atoms with van der Waals surface area (Å²) in [7, 11) is 0. The summed E-state index contributed by atoms with van der Waals surface area (Å²) < 4.78 is 18.9. The lowest BCUT2D eigenvalue weighted by Crippen LogP contribution is -2.20. The molecule has 0 fully saturated rings. The molecule has 5 nitrogen and oxygen atoms in total. The maximum Gasteiger partial charge on any atom is 0.262 e. The Bertz CT molecular complexity index is 993. The topological polar surface area (TPSA) is 67.4 Å². The molecule has 3 rings (SSSR count). The van der Waals surface area contributed by atoms with Crippen molar-refractivity contribution in [3.05, 3.63) is 89.2 Å². The first kappa shape index (κ1) is 19.4. The van der Waals surface area contributed by atoms with Gasteiger partial charge in [0.25, 0.3) is 11.8 Å². The van der Waals surface area contributed by atoms with E-state index >= 15 is 0 Å². The van der Waals surface area contributed by atoms with Crippen molar-refractivity contribution >= 4 is 34.8 Å². The quantitative estimate of drug-likeness (QED) is 0.629. The van der Waals surface area contributed by atoms with Gasteiger partial charge in [0.05, 0.1) is 16.4 Å². The Morgan fingerprint density at radius 3 is 2.18 bits per heavy atom. The van der Waals surface area contributed by atoms with E-state index in [0.717, 1.165) is 0 Å². The van der Waals surface area contributed by atoms with E-state index < -0.39 is 11.7 Å². The molecule has 0 atom stereocenters. The van der Waals surface area contributed by atoms with Crippen LogP contribution < -0.4 is 15.4 Å². The van der Waals surface area contributed by atoms with Gasteiger partial charge in [0.2, 0.25) is 0 Å². The van der Waals surface area contributed by atoms with Crippen LogP contribution in [0.2, 0.25) is 5.02 Å². The maximum absolute atomic E-state index is 13.5. The van der Waals surface area contributed by atoms with Crippen LogP contribution in [0.5, 0.6) is 5.75 Å². The van der Waals surface area contributed by atoms with Gasteiger partial charge in [-0.3, -0.25) is 9.59 Å². The van der Waals surface area contributed by atoms with Gasteiger partial charge in [-0.1, -0.05) is 35.9 Å². The summed E-state index contributed by atoms with van der Waals surface area (Å²) in [5, 5.41) is 5.59. The van der Waals surface area contributed by atoms with Crippen LogP contribution in [0.4, 0.5) is 15.8 Å². The zero-order chi connectivity index (χ0) is 19.9. The zero-order valence-electron chi connectivity index (χ0n) is 14.6. The monoisotopic (exact) mass is 398 g/mol. The molecule has 28 heavy (non-hydrogen) atoms. The van der Waals surface area contributed by atoms with Crippen LogP contribution in [-0.2, 0) is 4.79 Å². The van der Waals surface area contributed by atoms with Gasteiger partial charge in [-0.05, 0) is 48.5 Å². The molecule has 0 saturated heterocycles. The van der Waals surface area contributed by atoms with Gasteiger partial charge in [0.15, 0.2) is 6.61 Å². The molecule has 3 aromatic rings. The Kier molecular flexibility index (Phi) is 6.24. The van der Waals surface area contributed by atoms with Crippen molar-refractivity contribution in [2.45, 2.75) is 0 Å². The number of amides is 2. The lowest BCUT2D eigenvalue weighted by molar-refractivity contribution is -0.118. The molecular weight excluding hydrogens is 383 g/mol. The van der Waals surface area contributed by atoms with Crippen molar-refractivity contribution < 1.29 is 18.7 Å². The number of benzene rings is 3. The van der Waals surface area contributed by atoms with Crippen LogP contribution in [0.25, 0.3) is 0 Å². The van der Waals surface area contributed by atoms with Crippen molar-refractivity contribution in [1.29, 1.82) is 0 Å². The Balaban J connectivity index is 1.54. The van der Waals surface area contributed by atoms with E-state index in [4.69, 9.17) is 16.3 Å².